The molecule has 2 aromatic heterocycles. The standard InChI is InChI=1S/C9H8N2O2/c1-5-8-6(2-3-10-8)7(4-11-5)9(12)13/h2-4,10H,1H3,(H,12,13). The van der Waals surface area contributed by atoms with E-state index in [1.807, 2.05) is 6.92 Å². The summed E-state index contributed by atoms with van der Waals surface area (Å²) in [6, 6.07) is 1.74. The largest absolute Gasteiger partial charge is 0.478 e. The topological polar surface area (TPSA) is 66.0 Å². The number of fused-ring (bicyclic) bond motifs is 1. The maximum absolute atomic E-state index is 10.8. The summed E-state index contributed by atoms with van der Waals surface area (Å²) in [7, 11) is 0. The number of aromatic nitrogens is 2. The van der Waals surface area contributed by atoms with Crippen LogP contribution in [0.2, 0.25) is 0 Å². The van der Waals surface area contributed by atoms with Crippen LogP contribution < -0.4 is 0 Å². The van der Waals surface area contributed by atoms with E-state index in [1.165, 1.54) is 6.20 Å². The molecule has 13 heavy (non-hydrogen) atoms. The zero-order chi connectivity index (χ0) is 9.42. The average molecular weight is 176 g/mol. The smallest absolute Gasteiger partial charge is 0.337 e. The molecule has 0 aromatic carbocycles. The van der Waals surface area contributed by atoms with Crippen LogP contribution in [0.5, 0.6) is 0 Å². The van der Waals surface area contributed by atoms with Gasteiger partial charge in [0.25, 0.3) is 0 Å². The second-order valence-corrected chi connectivity index (χ2v) is 2.83. The maximum atomic E-state index is 10.8. The zero-order valence-corrected chi connectivity index (χ0v) is 7.03. The summed E-state index contributed by atoms with van der Waals surface area (Å²) in [5.74, 6) is -0.947. The molecule has 2 rings (SSSR count). The fourth-order valence-electron chi connectivity index (χ4n) is 1.36. The Morgan fingerprint density at radius 3 is 3.08 bits per heavy atom. The number of nitrogens with zero attached hydrogens (tertiary/aromatic N) is 1. The lowest BCUT2D eigenvalue weighted by Crippen LogP contribution is -1.98. The Labute approximate surface area is 74.2 Å². The molecular formula is C9H8N2O2. The van der Waals surface area contributed by atoms with E-state index in [0.29, 0.717) is 5.39 Å². The van der Waals surface area contributed by atoms with Crippen molar-refractivity contribution in [1.82, 2.24) is 9.97 Å². The van der Waals surface area contributed by atoms with Crippen LogP contribution in [-0.4, -0.2) is 21.0 Å². The van der Waals surface area contributed by atoms with Gasteiger partial charge in [0.05, 0.1) is 16.8 Å². The number of rotatable bonds is 1. The molecule has 0 radical (unpaired) electrons. The highest BCUT2D eigenvalue weighted by Crippen LogP contribution is 2.18. The van der Waals surface area contributed by atoms with Gasteiger partial charge in [-0.25, -0.2) is 4.79 Å². The third-order valence-corrected chi connectivity index (χ3v) is 2.02. The van der Waals surface area contributed by atoms with Gasteiger partial charge in [-0.2, -0.15) is 0 Å². The maximum Gasteiger partial charge on any atom is 0.337 e. The third-order valence-electron chi connectivity index (χ3n) is 2.02. The Morgan fingerprint density at radius 2 is 2.38 bits per heavy atom. The third kappa shape index (κ3) is 1.07. The van der Waals surface area contributed by atoms with Crippen LogP contribution >= 0.6 is 0 Å². The fraction of sp³-hybridized carbons (Fsp3) is 0.111. The molecule has 0 saturated carbocycles. The van der Waals surface area contributed by atoms with E-state index in [0.717, 1.165) is 11.2 Å². The summed E-state index contributed by atoms with van der Waals surface area (Å²) in [6.07, 6.45) is 3.10. The molecule has 0 spiro atoms. The van der Waals surface area contributed by atoms with E-state index in [4.69, 9.17) is 5.11 Å². The van der Waals surface area contributed by atoms with Gasteiger partial charge < -0.3 is 10.1 Å². The summed E-state index contributed by atoms with van der Waals surface area (Å²) in [5, 5.41) is 9.55. The summed E-state index contributed by atoms with van der Waals surface area (Å²) in [6.45, 7) is 1.84. The summed E-state index contributed by atoms with van der Waals surface area (Å²) in [5.41, 5.74) is 1.84. The Hall–Kier alpha value is -1.84. The van der Waals surface area contributed by atoms with Crippen LogP contribution in [0, 0.1) is 6.92 Å². The van der Waals surface area contributed by atoms with Crippen molar-refractivity contribution in [2.75, 3.05) is 0 Å². The molecule has 0 saturated heterocycles. The van der Waals surface area contributed by atoms with Crippen molar-refractivity contribution in [2.24, 2.45) is 0 Å². The van der Waals surface area contributed by atoms with Gasteiger partial charge in [0, 0.05) is 17.8 Å². The summed E-state index contributed by atoms with van der Waals surface area (Å²) in [4.78, 5) is 17.7. The Bertz CT molecular complexity index is 473. The molecule has 0 aliphatic carbocycles. The van der Waals surface area contributed by atoms with E-state index < -0.39 is 5.97 Å². The summed E-state index contributed by atoms with van der Waals surface area (Å²) >= 11 is 0. The van der Waals surface area contributed by atoms with Crippen molar-refractivity contribution in [2.45, 2.75) is 6.92 Å². The number of aromatic carboxylic acids is 1. The molecule has 0 fully saturated rings. The number of aryl methyl sites for hydroxylation is 1. The number of nitrogens with one attached hydrogen (secondary N) is 1. The van der Waals surface area contributed by atoms with E-state index in [-0.39, 0.29) is 5.56 Å². The van der Waals surface area contributed by atoms with Crippen LogP contribution in [-0.2, 0) is 0 Å². The number of H-pyrrole nitrogens is 1. The van der Waals surface area contributed by atoms with Crippen LogP contribution in [0.25, 0.3) is 10.9 Å². The molecule has 2 aromatic rings. The first-order chi connectivity index (χ1) is 6.20. The normalized spacial score (nSPS) is 10.5. The first-order valence-corrected chi connectivity index (χ1v) is 3.86. The highest BCUT2D eigenvalue weighted by atomic mass is 16.4. The minimum atomic E-state index is -0.947. The molecule has 2 heterocycles. The van der Waals surface area contributed by atoms with Crippen LogP contribution in [0.4, 0.5) is 0 Å². The molecule has 0 unspecified atom stereocenters. The zero-order valence-electron chi connectivity index (χ0n) is 7.03. The first-order valence-electron chi connectivity index (χ1n) is 3.86. The lowest BCUT2D eigenvalue weighted by atomic mass is 10.1. The predicted molar refractivity (Wildman–Crippen MR) is 47.8 cm³/mol. The van der Waals surface area contributed by atoms with Gasteiger partial charge in [-0.3, -0.25) is 4.98 Å². The van der Waals surface area contributed by atoms with Crippen LogP contribution in [0.1, 0.15) is 16.1 Å². The first kappa shape index (κ1) is 7.79. The van der Waals surface area contributed by atoms with Gasteiger partial charge >= 0.3 is 5.97 Å². The predicted octanol–water partition coefficient (Wildman–Crippen LogP) is 1.57. The minimum absolute atomic E-state index is 0.238. The number of pyridine rings is 1. The molecule has 0 atom stereocenters. The van der Waals surface area contributed by atoms with Crippen molar-refractivity contribution in [3.05, 3.63) is 29.7 Å². The van der Waals surface area contributed by atoms with Gasteiger partial charge in [-0.05, 0) is 13.0 Å². The van der Waals surface area contributed by atoms with Gasteiger partial charge in [0.2, 0.25) is 0 Å². The molecule has 4 nitrogen and oxygen atoms in total. The van der Waals surface area contributed by atoms with Gasteiger partial charge in [-0.1, -0.05) is 0 Å². The number of carbonyl (C=O) groups is 1. The Balaban J connectivity index is 2.86. The van der Waals surface area contributed by atoms with Crippen LogP contribution in [0.3, 0.4) is 0 Å². The highest BCUT2D eigenvalue weighted by Gasteiger charge is 2.10. The van der Waals surface area contributed by atoms with E-state index in [9.17, 15) is 4.79 Å². The molecule has 0 amide bonds. The van der Waals surface area contributed by atoms with Crippen molar-refractivity contribution in [1.29, 1.82) is 0 Å². The molecule has 4 heteroatoms. The van der Waals surface area contributed by atoms with Crippen LogP contribution in [0.15, 0.2) is 18.5 Å². The minimum Gasteiger partial charge on any atom is -0.478 e. The molecule has 66 valence electrons. The monoisotopic (exact) mass is 176 g/mol. The highest BCUT2D eigenvalue weighted by molar-refractivity contribution is 6.02. The van der Waals surface area contributed by atoms with Crippen molar-refractivity contribution >= 4 is 16.9 Å². The quantitative estimate of drug-likeness (QED) is 0.693. The lowest BCUT2D eigenvalue weighted by molar-refractivity contribution is 0.0698. The van der Waals surface area contributed by atoms with Crippen molar-refractivity contribution in [3.8, 4) is 0 Å². The number of hydrogen-bond acceptors (Lipinski definition) is 2. The van der Waals surface area contributed by atoms with Crippen molar-refractivity contribution in [3.63, 3.8) is 0 Å². The average Bonchev–Trinajstić information content (AvgIpc) is 2.53. The number of carboxylic acids is 1. The van der Waals surface area contributed by atoms with Gasteiger partial charge in [0.1, 0.15) is 0 Å². The van der Waals surface area contributed by atoms with E-state index >= 15 is 0 Å². The number of hydrogen-bond donors (Lipinski definition) is 2. The summed E-state index contributed by atoms with van der Waals surface area (Å²) < 4.78 is 0. The van der Waals surface area contributed by atoms with E-state index in [2.05, 4.69) is 9.97 Å². The van der Waals surface area contributed by atoms with Gasteiger partial charge in [-0.15, -0.1) is 0 Å². The SMILES string of the molecule is Cc1ncc(C(=O)O)c2cc[nH]c12. The molecule has 0 aliphatic rings. The molecule has 2 N–H and O–H groups in total. The second-order valence-electron chi connectivity index (χ2n) is 2.83. The Morgan fingerprint density at radius 1 is 1.62 bits per heavy atom. The number of aromatic amines is 1. The van der Waals surface area contributed by atoms with Crippen molar-refractivity contribution < 1.29 is 9.90 Å². The molecule has 0 aliphatic heterocycles. The molecule has 0 bridgehead atoms. The Kier molecular flexibility index (Phi) is 1.55. The molecular weight excluding hydrogens is 168 g/mol. The lowest BCUT2D eigenvalue weighted by Gasteiger charge is -1.98. The van der Waals surface area contributed by atoms with E-state index in [1.54, 1.807) is 12.3 Å². The second kappa shape index (κ2) is 2.58. The number of carboxylic acid groups (broad SMARTS) is 1. The van der Waals surface area contributed by atoms with Gasteiger partial charge in [0.15, 0.2) is 0 Å². The fourth-order valence-corrected chi connectivity index (χ4v) is 1.36.